The number of ether oxygens (including phenoxy) is 2. The summed E-state index contributed by atoms with van der Waals surface area (Å²) in [6.07, 6.45) is 3.19. The minimum absolute atomic E-state index is 0.0260. The number of hydrogen-bond acceptors (Lipinski definition) is 5. The van der Waals surface area contributed by atoms with E-state index in [0.717, 1.165) is 5.56 Å². The Morgan fingerprint density at radius 1 is 1.33 bits per heavy atom. The van der Waals surface area contributed by atoms with Gasteiger partial charge in [0.2, 0.25) is 0 Å². The van der Waals surface area contributed by atoms with Crippen molar-refractivity contribution in [2.45, 2.75) is 0 Å². The Labute approximate surface area is 120 Å². The van der Waals surface area contributed by atoms with E-state index >= 15 is 0 Å². The summed E-state index contributed by atoms with van der Waals surface area (Å²) in [6, 6.07) is 8.11. The summed E-state index contributed by atoms with van der Waals surface area (Å²) >= 11 is 0. The van der Waals surface area contributed by atoms with Gasteiger partial charge in [0, 0.05) is 17.2 Å². The maximum Gasteiger partial charge on any atom is 0.346 e. The molecule has 2 aromatic rings. The fourth-order valence-corrected chi connectivity index (χ4v) is 1.92. The van der Waals surface area contributed by atoms with Crippen molar-refractivity contribution >= 4 is 17.9 Å². The van der Waals surface area contributed by atoms with Gasteiger partial charge in [-0.05, 0) is 24.3 Å². The third-order valence-corrected chi connectivity index (χ3v) is 3.00. The molecule has 0 saturated heterocycles. The molecule has 6 heteroatoms. The molecule has 0 atom stereocenters. The Bertz CT molecular complexity index is 732. The minimum Gasteiger partial charge on any atom is -0.488 e. The Hall–Kier alpha value is -3.02. The van der Waals surface area contributed by atoms with Gasteiger partial charge < -0.3 is 19.6 Å². The number of furan rings is 1. The van der Waals surface area contributed by atoms with Crippen LogP contribution in [0.5, 0.6) is 11.7 Å². The van der Waals surface area contributed by atoms with E-state index in [9.17, 15) is 4.79 Å². The highest BCUT2D eigenvalue weighted by molar-refractivity contribution is 6.00. The molecule has 21 heavy (non-hydrogen) atoms. The lowest BCUT2D eigenvalue weighted by Crippen LogP contribution is -2.21. The zero-order chi connectivity index (χ0) is 14.8. The number of amidine groups is 1. The van der Waals surface area contributed by atoms with Gasteiger partial charge in [-0.1, -0.05) is 6.07 Å². The highest BCUT2D eigenvalue weighted by Crippen LogP contribution is 2.28. The molecule has 0 saturated carbocycles. The van der Waals surface area contributed by atoms with Crippen LogP contribution in [0.25, 0.3) is 6.08 Å². The summed E-state index contributed by atoms with van der Waals surface area (Å²) in [5, 5.41) is 7.40. The first kappa shape index (κ1) is 13.0. The number of carbonyl (C=O) groups is 1. The van der Waals surface area contributed by atoms with Crippen LogP contribution in [0.4, 0.5) is 0 Å². The average molecular weight is 284 g/mol. The van der Waals surface area contributed by atoms with Crippen LogP contribution in [0.3, 0.4) is 0 Å². The molecule has 1 aromatic heterocycles. The summed E-state index contributed by atoms with van der Waals surface area (Å²) < 4.78 is 15.5. The van der Waals surface area contributed by atoms with Crippen LogP contribution in [0, 0.1) is 5.41 Å². The molecule has 106 valence electrons. The highest BCUT2D eigenvalue weighted by atomic mass is 16.6. The number of esters is 1. The standard InChI is InChI=1S/C15H12N2O4/c16-14(17)11-6-9-3-4-10(7-12(9)20-8-11)15(18)21-13-2-1-5-19-13/h1-7H,8H2,(H3,16,17). The van der Waals surface area contributed by atoms with Crippen molar-refractivity contribution in [1.29, 1.82) is 5.41 Å². The second kappa shape index (κ2) is 5.16. The quantitative estimate of drug-likeness (QED) is 0.511. The Morgan fingerprint density at radius 3 is 2.90 bits per heavy atom. The second-order valence-corrected chi connectivity index (χ2v) is 4.45. The lowest BCUT2D eigenvalue weighted by Gasteiger charge is -2.17. The van der Waals surface area contributed by atoms with Gasteiger partial charge in [0.05, 0.1) is 11.8 Å². The summed E-state index contributed by atoms with van der Waals surface area (Å²) in [5.74, 6) is 0.131. The van der Waals surface area contributed by atoms with E-state index in [4.69, 9.17) is 25.0 Å². The van der Waals surface area contributed by atoms with Gasteiger partial charge >= 0.3 is 5.97 Å². The fourth-order valence-electron chi connectivity index (χ4n) is 1.92. The summed E-state index contributed by atoms with van der Waals surface area (Å²) in [6.45, 7) is 0.207. The summed E-state index contributed by atoms with van der Waals surface area (Å²) in [7, 11) is 0. The van der Waals surface area contributed by atoms with Gasteiger partial charge in [0.15, 0.2) is 0 Å². The van der Waals surface area contributed by atoms with E-state index < -0.39 is 5.97 Å². The molecule has 0 radical (unpaired) electrons. The highest BCUT2D eigenvalue weighted by Gasteiger charge is 2.17. The predicted octanol–water partition coefficient (Wildman–Crippen LogP) is 2.21. The zero-order valence-electron chi connectivity index (χ0n) is 11.0. The Kier molecular flexibility index (Phi) is 3.19. The molecule has 0 spiro atoms. The van der Waals surface area contributed by atoms with E-state index in [2.05, 4.69) is 0 Å². The van der Waals surface area contributed by atoms with Crippen molar-refractivity contribution < 1.29 is 18.7 Å². The summed E-state index contributed by atoms with van der Waals surface area (Å²) in [4.78, 5) is 12.0. The van der Waals surface area contributed by atoms with Crippen LogP contribution in [0.15, 0.2) is 46.6 Å². The van der Waals surface area contributed by atoms with Crippen LogP contribution in [-0.4, -0.2) is 18.4 Å². The zero-order valence-corrected chi connectivity index (χ0v) is 11.0. The molecule has 1 aromatic carbocycles. The molecule has 0 aliphatic carbocycles. The normalized spacial score (nSPS) is 12.9. The maximum atomic E-state index is 12.0. The van der Waals surface area contributed by atoms with Gasteiger partial charge in [-0.2, -0.15) is 0 Å². The molecule has 1 aliphatic rings. The molecule has 2 heterocycles. The average Bonchev–Trinajstić information content (AvgIpc) is 2.99. The van der Waals surface area contributed by atoms with Crippen LogP contribution in [0.2, 0.25) is 0 Å². The smallest absolute Gasteiger partial charge is 0.346 e. The first-order valence-corrected chi connectivity index (χ1v) is 6.21. The molecule has 3 rings (SSSR count). The minimum atomic E-state index is -0.530. The second-order valence-electron chi connectivity index (χ2n) is 4.45. The molecule has 0 unspecified atom stereocenters. The van der Waals surface area contributed by atoms with Gasteiger partial charge in [-0.3, -0.25) is 5.41 Å². The molecule has 3 N–H and O–H groups in total. The number of carbonyl (C=O) groups excluding carboxylic acids is 1. The lowest BCUT2D eigenvalue weighted by atomic mass is 10.0. The largest absolute Gasteiger partial charge is 0.488 e. The maximum absolute atomic E-state index is 12.0. The van der Waals surface area contributed by atoms with E-state index in [0.29, 0.717) is 16.9 Å². The third-order valence-electron chi connectivity index (χ3n) is 3.00. The van der Waals surface area contributed by atoms with Crippen molar-refractivity contribution in [2.75, 3.05) is 6.61 Å². The van der Waals surface area contributed by atoms with Crippen LogP contribution in [0.1, 0.15) is 15.9 Å². The van der Waals surface area contributed by atoms with Gasteiger partial charge in [-0.15, -0.1) is 0 Å². The lowest BCUT2D eigenvalue weighted by molar-refractivity contribution is 0.0693. The molecule has 6 nitrogen and oxygen atoms in total. The van der Waals surface area contributed by atoms with Crippen LogP contribution >= 0.6 is 0 Å². The van der Waals surface area contributed by atoms with Crippen molar-refractivity contribution in [2.24, 2.45) is 5.73 Å². The van der Waals surface area contributed by atoms with Gasteiger partial charge in [0.25, 0.3) is 5.95 Å². The molecule has 0 amide bonds. The van der Waals surface area contributed by atoms with Crippen molar-refractivity contribution in [3.05, 3.63) is 53.3 Å². The topological polar surface area (TPSA) is 98.5 Å². The van der Waals surface area contributed by atoms with Crippen molar-refractivity contribution in [3.63, 3.8) is 0 Å². The third kappa shape index (κ3) is 2.64. The number of benzene rings is 1. The van der Waals surface area contributed by atoms with E-state index in [-0.39, 0.29) is 18.4 Å². The number of nitrogens with two attached hydrogens (primary N) is 1. The van der Waals surface area contributed by atoms with Gasteiger partial charge in [0.1, 0.15) is 18.2 Å². The Morgan fingerprint density at radius 2 is 2.19 bits per heavy atom. The monoisotopic (exact) mass is 284 g/mol. The number of fused-ring (bicyclic) bond motifs is 1. The number of hydrogen-bond donors (Lipinski definition) is 2. The Balaban J connectivity index is 1.84. The van der Waals surface area contributed by atoms with Crippen molar-refractivity contribution in [3.8, 4) is 11.7 Å². The van der Waals surface area contributed by atoms with E-state index in [1.807, 2.05) is 0 Å². The van der Waals surface area contributed by atoms with Gasteiger partial charge in [-0.25, -0.2) is 4.79 Å². The predicted molar refractivity (Wildman–Crippen MR) is 75.5 cm³/mol. The van der Waals surface area contributed by atoms with Crippen molar-refractivity contribution in [1.82, 2.24) is 0 Å². The molecule has 0 bridgehead atoms. The van der Waals surface area contributed by atoms with E-state index in [1.165, 1.54) is 6.26 Å². The SMILES string of the molecule is N=C(N)C1=Cc2ccc(C(=O)Oc3ccco3)cc2OC1. The number of rotatable bonds is 3. The molecule has 1 aliphatic heterocycles. The van der Waals surface area contributed by atoms with E-state index in [1.54, 1.807) is 36.4 Å². The van der Waals surface area contributed by atoms with Crippen LogP contribution < -0.4 is 15.2 Å². The molecule has 0 fully saturated rings. The van der Waals surface area contributed by atoms with Crippen LogP contribution in [-0.2, 0) is 0 Å². The first-order valence-electron chi connectivity index (χ1n) is 6.21. The molecular formula is C15H12N2O4. The molecular weight excluding hydrogens is 272 g/mol. The first-order chi connectivity index (χ1) is 10.1. The fraction of sp³-hybridized carbons (Fsp3) is 0.0667. The summed E-state index contributed by atoms with van der Waals surface area (Å²) in [5.41, 5.74) is 7.15. The number of nitrogens with one attached hydrogen (secondary N) is 1.